The number of pyridine rings is 1. The number of nitrogens with two attached hydrogens (primary N) is 1. The zero-order valence-corrected chi connectivity index (χ0v) is 12.9. The first kappa shape index (κ1) is 14.5. The van der Waals surface area contributed by atoms with Gasteiger partial charge in [0.25, 0.3) is 0 Å². The van der Waals surface area contributed by atoms with Crippen LogP contribution in [0.25, 0.3) is 0 Å². The molecule has 0 aliphatic carbocycles. The van der Waals surface area contributed by atoms with Crippen molar-refractivity contribution in [2.45, 2.75) is 20.8 Å². The maximum absolute atomic E-state index is 5.90. The van der Waals surface area contributed by atoms with E-state index < -0.39 is 0 Å². The zero-order valence-electron chi connectivity index (χ0n) is 12.1. The van der Waals surface area contributed by atoms with Gasteiger partial charge < -0.3 is 10.6 Å². The van der Waals surface area contributed by atoms with E-state index in [-0.39, 0.29) is 0 Å². The first-order chi connectivity index (χ1) is 9.54. The van der Waals surface area contributed by atoms with Crippen molar-refractivity contribution in [2.24, 2.45) is 5.73 Å². The molecule has 3 nitrogen and oxygen atoms in total. The van der Waals surface area contributed by atoms with Crippen molar-refractivity contribution >= 4 is 28.6 Å². The van der Waals surface area contributed by atoms with Gasteiger partial charge >= 0.3 is 0 Å². The quantitative estimate of drug-likeness (QED) is 0.873. The second kappa shape index (κ2) is 6.01. The largest absolute Gasteiger partial charge is 0.389 e. The van der Waals surface area contributed by atoms with E-state index in [1.807, 2.05) is 38.1 Å². The number of thiocarbonyl (C=S) groups is 1. The Hall–Kier alpha value is -1.94. The van der Waals surface area contributed by atoms with Crippen LogP contribution < -0.4 is 10.6 Å². The fourth-order valence-corrected chi connectivity index (χ4v) is 2.68. The highest BCUT2D eigenvalue weighted by molar-refractivity contribution is 7.80. The molecule has 0 bridgehead atoms. The van der Waals surface area contributed by atoms with E-state index in [0.717, 1.165) is 34.9 Å². The number of hydrogen-bond acceptors (Lipinski definition) is 3. The molecular weight excluding hydrogens is 266 g/mol. The van der Waals surface area contributed by atoms with E-state index in [9.17, 15) is 0 Å². The average Bonchev–Trinajstić information content (AvgIpc) is 2.39. The summed E-state index contributed by atoms with van der Waals surface area (Å²) in [6, 6.07) is 12.3. The van der Waals surface area contributed by atoms with E-state index in [0.29, 0.717) is 4.99 Å². The molecule has 1 heterocycles. The van der Waals surface area contributed by atoms with Crippen molar-refractivity contribution in [3.63, 3.8) is 0 Å². The molecule has 1 aromatic heterocycles. The molecule has 2 N–H and O–H groups in total. The van der Waals surface area contributed by atoms with E-state index in [2.05, 4.69) is 28.9 Å². The summed E-state index contributed by atoms with van der Waals surface area (Å²) in [7, 11) is 0. The summed E-state index contributed by atoms with van der Waals surface area (Å²) in [5.41, 5.74) is 10.7. The van der Waals surface area contributed by atoms with Gasteiger partial charge in [0, 0.05) is 23.6 Å². The predicted molar refractivity (Wildman–Crippen MR) is 88.7 cm³/mol. The minimum atomic E-state index is 0.388. The van der Waals surface area contributed by atoms with Gasteiger partial charge in [-0.3, -0.25) is 4.98 Å². The number of anilines is 2. The Kier molecular flexibility index (Phi) is 4.35. The topological polar surface area (TPSA) is 42.2 Å². The lowest BCUT2D eigenvalue weighted by molar-refractivity contribution is 1.00. The zero-order chi connectivity index (χ0) is 14.7. The maximum Gasteiger partial charge on any atom is 0.107 e. The fourth-order valence-electron chi connectivity index (χ4n) is 2.43. The molecule has 0 fully saturated rings. The normalized spacial score (nSPS) is 10.3. The van der Waals surface area contributed by atoms with Crippen LogP contribution in [0.4, 0.5) is 11.4 Å². The van der Waals surface area contributed by atoms with Crippen LogP contribution >= 0.6 is 12.2 Å². The van der Waals surface area contributed by atoms with Crippen molar-refractivity contribution in [3.8, 4) is 0 Å². The fraction of sp³-hybridized carbons (Fsp3) is 0.250. The van der Waals surface area contributed by atoms with Crippen LogP contribution in [0.5, 0.6) is 0 Å². The molecule has 0 spiro atoms. The molecule has 0 saturated carbocycles. The SMILES string of the molecule is CCN(c1ccccc1)c1cc(C)nc(C)c1C(N)=S. The Morgan fingerprint density at radius 1 is 1.25 bits per heavy atom. The maximum atomic E-state index is 5.90. The van der Waals surface area contributed by atoms with Gasteiger partial charge in [0.2, 0.25) is 0 Å². The summed E-state index contributed by atoms with van der Waals surface area (Å²) in [5, 5.41) is 0. The third kappa shape index (κ3) is 2.80. The average molecular weight is 285 g/mol. The van der Waals surface area contributed by atoms with Gasteiger partial charge in [-0.2, -0.15) is 0 Å². The van der Waals surface area contributed by atoms with Gasteiger partial charge in [-0.25, -0.2) is 0 Å². The smallest absolute Gasteiger partial charge is 0.107 e. The summed E-state index contributed by atoms with van der Waals surface area (Å²) in [6.45, 7) is 6.88. The molecule has 0 amide bonds. The molecular formula is C16H19N3S. The predicted octanol–water partition coefficient (Wildman–Crippen LogP) is 3.49. The lowest BCUT2D eigenvalue weighted by Crippen LogP contribution is -2.23. The van der Waals surface area contributed by atoms with Crippen LogP contribution in [0.15, 0.2) is 36.4 Å². The molecule has 0 unspecified atom stereocenters. The van der Waals surface area contributed by atoms with Gasteiger partial charge in [0.05, 0.1) is 11.3 Å². The minimum absolute atomic E-state index is 0.388. The second-order valence-corrected chi connectivity index (χ2v) is 5.13. The van der Waals surface area contributed by atoms with Crippen LogP contribution in [-0.2, 0) is 0 Å². The monoisotopic (exact) mass is 285 g/mol. The number of para-hydroxylation sites is 1. The molecule has 0 aliphatic heterocycles. The molecule has 0 aliphatic rings. The van der Waals surface area contributed by atoms with Gasteiger partial charge in [-0.05, 0) is 39.0 Å². The lowest BCUT2D eigenvalue weighted by Gasteiger charge is -2.26. The number of hydrogen-bond donors (Lipinski definition) is 1. The number of nitrogens with zero attached hydrogens (tertiary/aromatic N) is 2. The Bertz CT molecular complexity index is 623. The molecule has 2 rings (SSSR count). The van der Waals surface area contributed by atoms with Crippen molar-refractivity contribution < 1.29 is 0 Å². The third-order valence-electron chi connectivity index (χ3n) is 3.23. The van der Waals surface area contributed by atoms with Crippen molar-refractivity contribution in [1.29, 1.82) is 0 Å². The van der Waals surface area contributed by atoms with Gasteiger partial charge in [-0.1, -0.05) is 30.4 Å². The second-order valence-electron chi connectivity index (χ2n) is 4.69. The highest BCUT2D eigenvalue weighted by Crippen LogP contribution is 2.30. The van der Waals surface area contributed by atoms with Gasteiger partial charge in [-0.15, -0.1) is 0 Å². The van der Waals surface area contributed by atoms with E-state index in [1.165, 1.54) is 0 Å². The highest BCUT2D eigenvalue weighted by Gasteiger charge is 2.17. The van der Waals surface area contributed by atoms with Crippen LogP contribution in [0, 0.1) is 13.8 Å². The number of aromatic nitrogens is 1. The van der Waals surface area contributed by atoms with Gasteiger partial charge in [0.15, 0.2) is 0 Å². The molecule has 4 heteroatoms. The van der Waals surface area contributed by atoms with Crippen molar-refractivity contribution in [2.75, 3.05) is 11.4 Å². The van der Waals surface area contributed by atoms with E-state index >= 15 is 0 Å². The Morgan fingerprint density at radius 2 is 1.90 bits per heavy atom. The van der Waals surface area contributed by atoms with E-state index in [1.54, 1.807) is 0 Å². The number of benzene rings is 1. The summed E-state index contributed by atoms with van der Waals surface area (Å²) >= 11 is 5.21. The van der Waals surface area contributed by atoms with Crippen molar-refractivity contribution in [3.05, 3.63) is 53.3 Å². The molecule has 1 aromatic carbocycles. The summed E-state index contributed by atoms with van der Waals surface area (Å²) in [6.07, 6.45) is 0. The van der Waals surface area contributed by atoms with Crippen LogP contribution in [0.3, 0.4) is 0 Å². The Labute approximate surface area is 125 Å². The third-order valence-corrected chi connectivity index (χ3v) is 3.43. The van der Waals surface area contributed by atoms with Crippen LogP contribution in [0.1, 0.15) is 23.9 Å². The molecule has 0 radical (unpaired) electrons. The minimum Gasteiger partial charge on any atom is -0.389 e. The molecule has 0 saturated heterocycles. The standard InChI is InChI=1S/C16H19N3S/c1-4-19(13-8-6-5-7-9-13)14-10-11(2)18-12(3)15(14)16(17)20/h5-10H,4H2,1-3H3,(H2,17,20). The number of rotatable bonds is 4. The summed E-state index contributed by atoms with van der Waals surface area (Å²) < 4.78 is 0. The van der Waals surface area contributed by atoms with E-state index in [4.69, 9.17) is 18.0 Å². The molecule has 20 heavy (non-hydrogen) atoms. The molecule has 2 aromatic rings. The molecule has 104 valence electrons. The summed E-state index contributed by atoms with van der Waals surface area (Å²) in [4.78, 5) is 7.06. The summed E-state index contributed by atoms with van der Waals surface area (Å²) in [5.74, 6) is 0. The highest BCUT2D eigenvalue weighted by atomic mass is 32.1. The molecule has 0 atom stereocenters. The van der Waals surface area contributed by atoms with Crippen molar-refractivity contribution in [1.82, 2.24) is 4.98 Å². The van der Waals surface area contributed by atoms with Crippen LogP contribution in [0.2, 0.25) is 0 Å². The first-order valence-electron chi connectivity index (χ1n) is 6.65. The van der Waals surface area contributed by atoms with Gasteiger partial charge in [0.1, 0.15) is 4.99 Å². The lowest BCUT2D eigenvalue weighted by atomic mass is 10.1. The van der Waals surface area contributed by atoms with Crippen LogP contribution in [-0.4, -0.2) is 16.5 Å². The Morgan fingerprint density at radius 3 is 2.45 bits per heavy atom. The first-order valence-corrected chi connectivity index (χ1v) is 7.06. The Balaban J connectivity index is 2.63. The number of aryl methyl sites for hydroxylation is 2.